The Morgan fingerprint density at radius 3 is 2.52 bits per heavy atom. The first kappa shape index (κ1) is 19.0. The topological polar surface area (TPSA) is 52.6 Å². The summed E-state index contributed by atoms with van der Waals surface area (Å²) >= 11 is 1.52. The third kappa shape index (κ3) is 3.34. The second-order valence-electron chi connectivity index (χ2n) is 8.78. The van der Waals surface area contributed by atoms with Gasteiger partial charge in [-0.25, -0.2) is 4.98 Å². The van der Waals surface area contributed by atoms with Gasteiger partial charge in [0.25, 0.3) is 0 Å². The highest BCUT2D eigenvalue weighted by Crippen LogP contribution is 2.47. The highest BCUT2D eigenvalue weighted by atomic mass is 32.1. The summed E-state index contributed by atoms with van der Waals surface area (Å²) in [6.45, 7) is 8.91. The number of para-hydroxylation sites is 1. The van der Waals surface area contributed by atoms with E-state index >= 15 is 0 Å². The summed E-state index contributed by atoms with van der Waals surface area (Å²) in [7, 11) is 0. The number of anilines is 2. The van der Waals surface area contributed by atoms with Crippen LogP contribution in [0.5, 0.6) is 0 Å². The Labute approximate surface area is 176 Å². The van der Waals surface area contributed by atoms with E-state index in [1.54, 1.807) is 6.92 Å². The second kappa shape index (κ2) is 7.36. The van der Waals surface area contributed by atoms with Crippen LogP contribution in [0.3, 0.4) is 0 Å². The van der Waals surface area contributed by atoms with E-state index in [0.29, 0.717) is 6.04 Å². The van der Waals surface area contributed by atoms with E-state index in [4.69, 9.17) is 0 Å². The molecule has 0 atom stereocenters. The van der Waals surface area contributed by atoms with Crippen LogP contribution in [0.4, 0.5) is 10.8 Å². The summed E-state index contributed by atoms with van der Waals surface area (Å²) in [5, 5.41) is 1.07. The van der Waals surface area contributed by atoms with Gasteiger partial charge in [-0.1, -0.05) is 18.2 Å². The number of carbonyl (C=O) groups is 1. The molecule has 0 radical (unpaired) electrons. The number of rotatable bonds is 2. The van der Waals surface area contributed by atoms with Crippen LogP contribution in [0.15, 0.2) is 24.3 Å². The minimum Gasteiger partial charge on any atom is -0.347 e. The molecule has 2 fully saturated rings. The van der Waals surface area contributed by atoms with Gasteiger partial charge < -0.3 is 14.7 Å². The zero-order valence-corrected chi connectivity index (χ0v) is 18.1. The second-order valence-corrected chi connectivity index (χ2v) is 9.51. The highest BCUT2D eigenvalue weighted by Gasteiger charge is 2.46. The lowest BCUT2D eigenvalue weighted by molar-refractivity contribution is -0.116. The molecular weight excluding hydrogens is 382 g/mol. The Bertz CT molecular complexity index is 896. The SMILES string of the molecule is CC(=O)N1CC2(CCN(C3CCN(c4nc(C)ns4)CC3)CC2)c2ccccc21. The van der Waals surface area contributed by atoms with Gasteiger partial charge in [-0.05, 0) is 57.3 Å². The first-order valence-electron chi connectivity index (χ1n) is 10.7. The van der Waals surface area contributed by atoms with Gasteiger partial charge in [0.1, 0.15) is 5.82 Å². The smallest absolute Gasteiger partial charge is 0.223 e. The van der Waals surface area contributed by atoms with Crippen molar-refractivity contribution in [2.75, 3.05) is 42.5 Å². The molecule has 1 aromatic heterocycles. The van der Waals surface area contributed by atoms with Gasteiger partial charge in [0.05, 0.1) is 0 Å². The Balaban J connectivity index is 1.23. The molecule has 4 heterocycles. The van der Waals surface area contributed by atoms with E-state index in [1.165, 1.54) is 29.9 Å². The zero-order chi connectivity index (χ0) is 20.0. The summed E-state index contributed by atoms with van der Waals surface area (Å²) in [5.41, 5.74) is 2.66. The standard InChI is InChI=1S/C22H29N5OS/c1-16-23-21(29-24-16)26-11-7-18(8-12-26)25-13-9-22(10-14-25)15-27(17(2)28)20-6-4-3-5-19(20)22/h3-6,18H,7-15H2,1-2H3. The number of likely N-dealkylation sites (tertiary alicyclic amines) is 1. The number of piperidine rings is 2. The van der Waals surface area contributed by atoms with E-state index in [9.17, 15) is 4.79 Å². The molecule has 0 bridgehead atoms. The first-order chi connectivity index (χ1) is 14.1. The quantitative estimate of drug-likeness (QED) is 0.760. The molecule has 0 saturated carbocycles. The number of amides is 1. The lowest BCUT2D eigenvalue weighted by Crippen LogP contribution is -2.51. The molecule has 1 amide bonds. The van der Waals surface area contributed by atoms with Crippen LogP contribution < -0.4 is 9.80 Å². The van der Waals surface area contributed by atoms with E-state index in [-0.39, 0.29) is 11.3 Å². The van der Waals surface area contributed by atoms with E-state index < -0.39 is 0 Å². The lowest BCUT2D eigenvalue weighted by atomic mass is 9.74. The molecular formula is C22H29N5OS. The maximum absolute atomic E-state index is 12.2. The van der Waals surface area contributed by atoms with Crippen molar-refractivity contribution in [2.45, 2.75) is 51.0 Å². The predicted octanol–water partition coefficient (Wildman–Crippen LogP) is 3.22. The summed E-state index contributed by atoms with van der Waals surface area (Å²) in [6.07, 6.45) is 4.68. The number of hydrogen-bond acceptors (Lipinski definition) is 6. The van der Waals surface area contributed by atoms with Gasteiger partial charge in [0, 0.05) is 55.2 Å². The van der Waals surface area contributed by atoms with Crippen LogP contribution in [-0.2, 0) is 10.2 Å². The largest absolute Gasteiger partial charge is 0.347 e. The number of fused-ring (bicyclic) bond motifs is 2. The molecule has 6 nitrogen and oxygen atoms in total. The van der Waals surface area contributed by atoms with Crippen LogP contribution >= 0.6 is 11.5 Å². The van der Waals surface area contributed by atoms with Crippen LogP contribution in [0.1, 0.15) is 44.0 Å². The third-order valence-electron chi connectivity index (χ3n) is 7.13. The van der Waals surface area contributed by atoms with Crippen molar-refractivity contribution in [3.63, 3.8) is 0 Å². The van der Waals surface area contributed by atoms with Gasteiger partial charge in [-0.15, -0.1) is 0 Å². The van der Waals surface area contributed by atoms with Crippen molar-refractivity contribution in [3.8, 4) is 0 Å². The Morgan fingerprint density at radius 2 is 1.86 bits per heavy atom. The van der Waals surface area contributed by atoms with Crippen molar-refractivity contribution < 1.29 is 4.79 Å². The Hall–Kier alpha value is -1.99. The number of hydrogen-bond donors (Lipinski definition) is 0. The summed E-state index contributed by atoms with van der Waals surface area (Å²) in [6, 6.07) is 9.20. The van der Waals surface area contributed by atoms with Crippen molar-refractivity contribution in [3.05, 3.63) is 35.7 Å². The molecule has 1 aromatic carbocycles. The third-order valence-corrected chi connectivity index (χ3v) is 8.00. The number of aromatic nitrogens is 2. The molecule has 3 aliphatic rings. The molecule has 0 N–H and O–H groups in total. The monoisotopic (exact) mass is 411 g/mol. The van der Waals surface area contributed by atoms with E-state index in [0.717, 1.165) is 62.2 Å². The fraction of sp³-hybridized carbons (Fsp3) is 0.591. The normalized spacial score (nSPS) is 22.3. The average Bonchev–Trinajstić information content (AvgIpc) is 3.31. The fourth-order valence-corrected chi connectivity index (χ4v) is 6.22. The summed E-state index contributed by atoms with van der Waals surface area (Å²) in [4.78, 5) is 23.8. The molecule has 0 aliphatic carbocycles. The number of benzene rings is 1. The average molecular weight is 412 g/mol. The molecule has 154 valence electrons. The van der Waals surface area contributed by atoms with Crippen molar-refractivity contribution in [2.24, 2.45) is 0 Å². The molecule has 2 aromatic rings. The maximum Gasteiger partial charge on any atom is 0.223 e. The van der Waals surface area contributed by atoms with Gasteiger partial charge in [0.2, 0.25) is 11.0 Å². The zero-order valence-electron chi connectivity index (χ0n) is 17.3. The molecule has 0 unspecified atom stereocenters. The van der Waals surface area contributed by atoms with Crippen molar-refractivity contribution >= 4 is 28.3 Å². The molecule has 3 aliphatic heterocycles. The minimum atomic E-state index is 0.142. The highest BCUT2D eigenvalue weighted by molar-refractivity contribution is 7.09. The van der Waals surface area contributed by atoms with Crippen LogP contribution in [0.25, 0.3) is 0 Å². The van der Waals surface area contributed by atoms with Crippen LogP contribution in [0.2, 0.25) is 0 Å². The number of aryl methyl sites for hydroxylation is 1. The minimum absolute atomic E-state index is 0.142. The van der Waals surface area contributed by atoms with E-state index in [2.05, 4.69) is 43.4 Å². The van der Waals surface area contributed by atoms with Gasteiger partial charge in [-0.3, -0.25) is 4.79 Å². The summed E-state index contributed by atoms with van der Waals surface area (Å²) < 4.78 is 4.33. The number of nitrogens with zero attached hydrogens (tertiary/aromatic N) is 5. The molecule has 7 heteroatoms. The van der Waals surface area contributed by atoms with Gasteiger partial charge >= 0.3 is 0 Å². The predicted molar refractivity (Wildman–Crippen MR) is 117 cm³/mol. The Morgan fingerprint density at radius 1 is 1.14 bits per heavy atom. The van der Waals surface area contributed by atoms with Crippen LogP contribution in [0, 0.1) is 6.92 Å². The van der Waals surface area contributed by atoms with E-state index in [1.807, 2.05) is 11.8 Å². The molecule has 29 heavy (non-hydrogen) atoms. The van der Waals surface area contributed by atoms with Crippen molar-refractivity contribution in [1.82, 2.24) is 14.3 Å². The molecule has 5 rings (SSSR count). The summed E-state index contributed by atoms with van der Waals surface area (Å²) in [5.74, 6) is 1.04. The van der Waals surface area contributed by atoms with Crippen molar-refractivity contribution in [1.29, 1.82) is 0 Å². The first-order valence-corrected chi connectivity index (χ1v) is 11.5. The van der Waals surface area contributed by atoms with Crippen LogP contribution in [-0.4, -0.2) is 58.9 Å². The Kier molecular flexibility index (Phi) is 4.82. The van der Waals surface area contributed by atoms with Gasteiger partial charge in [-0.2, -0.15) is 4.37 Å². The fourth-order valence-electron chi connectivity index (χ4n) is 5.49. The number of carbonyl (C=O) groups excluding carboxylic acids is 1. The molecule has 2 saturated heterocycles. The van der Waals surface area contributed by atoms with Gasteiger partial charge in [0.15, 0.2) is 0 Å². The maximum atomic E-state index is 12.2. The molecule has 1 spiro atoms. The lowest BCUT2D eigenvalue weighted by Gasteiger charge is -2.45.